The van der Waals surface area contributed by atoms with Crippen LogP contribution in [-0.4, -0.2) is 29.7 Å². The van der Waals surface area contributed by atoms with E-state index >= 15 is 0 Å². The topological polar surface area (TPSA) is 21.3 Å². The Bertz CT molecular complexity index is 526. The molecule has 0 radical (unpaired) electrons. The molecule has 11 unspecified atom stereocenters. The molecule has 11 atom stereocenters. The molecule has 1 N–H and O–H groups in total. The van der Waals surface area contributed by atoms with Crippen LogP contribution in [-0.2, 0) is 4.74 Å². The smallest absolute Gasteiger partial charge is 0.0767 e. The fraction of sp³-hybridized carbons (Fsp3) is 1.00. The SMILES string of the molecule is ClC1CC2C3CCCCC3OC2C2NC3CCC4CCCCC4C3C12. The van der Waals surface area contributed by atoms with Crippen molar-refractivity contribution in [1.29, 1.82) is 0 Å². The highest BCUT2D eigenvalue weighted by molar-refractivity contribution is 6.21. The molecule has 2 saturated heterocycles. The van der Waals surface area contributed by atoms with Gasteiger partial charge in [0.25, 0.3) is 0 Å². The first kappa shape index (κ1) is 16.2. The predicted molar refractivity (Wildman–Crippen MR) is 101 cm³/mol. The van der Waals surface area contributed by atoms with Crippen LogP contribution in [0.3, 0.4) is 0 Å². The maximum atomic E-state index is 7.17. The van der Waals surface area contributed by atoms with Crippen LogP contribution in [0, 0.1) is 35.5 Å². The van der Waals surface area contributed by atoms with E-state index in [0.717, 1.165) is 35.6 Å². The molecular weight excluding hydrogens is 330 g/mol. The standard InChI is InChI=1S/C22H34ClNO/c23-16-11-15-14-7-3-4-8-18(14)25-22(15)21-20(16)19-13-6-2-1-5-12(13)9-10-17(19)24-21/h12-22,24H,1-11H2. The van der Waals surface area contributed by atoms with Crippen LogP contribution in [0.25, 0.3) is 0 Å². The summed E-state index contributed by atoms with van der Waals surface area (Å²) in [4.78, 5) is 0. The summed E-state index contributed by atoms with van der Waals surface area (Å²) in [5.41, 5.74) is 0. The fourth-order valence-electron chi connectivity index (χ4n) is 8.52. The molecule has 2 heterocycles. The van der Waals surface area contributed by atoms with Crippen molar-refractivity contribution < 1.29 is 4.74 Å². The largest absolute Gasteiger partial charge is 0.373 e. The van der Waals surface area contributed by atoms with Crippen molar-refractivity contribution in [2.75, 3.05) is 0 Å². The summed E-state index contributed by atoms with van der Waals surface area (Å²) < 4.78 is 6.75. The Morgan fingerprint density at radius 3 is 2.48 bits per heavy atom. The quantitative estimate of drug-likeness (QED) is 0.627. The van der Waals surface area contributed by atoms with E-state index in [1.807, 2.05) is 0 Å². The zero-order valence-electron chi connectivity index (χ0n) is 15.4. The van der Waals surface area contributed by atoms with Crippen molar-refractivity contribution in [3.05, 3.63) is 0 Å². The van der Waals surface area contributed by atoms with Crippen molar-refractivity contribution in [3.8, 4) is 0 Å². The zero-order chi connectivity index (χ0) is 16.5. The summed E-state index contributed by atoms with van der Waals surface area (Å²) in [5, 5.41) is 4.52. The van der Waals surface area contributed by atoms with Gasteiger partial charge in [0.1, 0.15) is 0 Å². The lowest BCUT2D eigenvalue weighted by Gasteiger charge is -2.47. The molecule has 4 aliphatic carbocycles. The van der Waals surface area contributed by atoms with Gasteiger partial charge >= 0.3 is 0 Å². The Kier molecular flexibility index (Phi) is 3.96. The van der Waals surface area contributed by atoms with Gasteiger partial charge in [0.15, 0.2) is 0 Å². The van der Waals surface area contributed by atoms with Crippen LogP contribution in [0.5, 0.6) is 0 Å². The number of hydrogen-bond acceptors (Lipinski definition) is 2. The second kappa shape index (κ2) is 6.11. The molecule has 2 aliphatic heterocycles. The number of rotatable bonds is 0. The van der Waals surface area contributed by atoms with Gasteiger partial charge in [-0.1, -0.05) is 32.1 Å². The van der Waals surface area contributed by atoms with E-state index in [1.165, 1.54) is 70.6 Å². The molecule has 6 rings (SSSR count). The van der Waals surface area contributed by atoms with Crippen LogP contribution in [0.2, 0.25) is 0 Å². The van der Waals surface area contributed by atoms with Gasteiger partial charge in [-0.15, -0.1) is 11.6 Å². The van der Waals surface area contributed by atoms with E-state index in [-0.39, 0.29) is 0 Å². The zero-order valence-corrected chi connectivity index (χ0v) is 16.2. The summed E-state index contributed by atoms with van der Waals surface area (Å²) in [6.45, 7) is 0. The van der Waals surface area contributed by atoms with Crippen molar-refractivity contribution in [2.45, 2.75) is 100 Å². The second-order valence-electron chi connectivity index (χ2n) is 10.2. The number of fused-ring (bicyclic) bond motifs is 9. The summed E-state index contributed by atoms with van der Waals surface area (Å²) in [6, 6.07) is 1.29. The molecule has 6 aliphatic rings. The van der Waals surface area contributed by atoms with Crippen LogP contribution in [0.1, 0.15) is 70.6 Å². The van der Waals surface area contributed by atoms with Gasteiger partial charge in [-0.2, -0.15) is 0 Å². The third-order valence-electron chi connectivity index (χ3n) is 9.37. The lowest BCUT2D eigenvalue weighted by Crippen LogP contribution is -2.51. The minimum atomic E-state index is 0.388. The van der Waals surface area contributed by atoms with Crippen LogP contribution in [0.15, 0.2) is 0 Å². The number of alkyl halides is 1. The monoisotopic (exact) mass is 363 g/mol. The molecular formula is C22H34ClNO. The van der Waals surface area contributed by atoms with Crippen LogP contribution < -0.4 is 5.32 Å². The van der Waals surface area contributed by atoms with Crippen LogP contribution in [0.4, 0.5) is 0 Å². The van der Waals surface area contributed by atoms with E-state index in [2.05, 4.69) is 5.32 Å². The highest BCUT2D eigenvalue weighted by atomic mass is 35.5. The van der Waals surface area contributed by atoms with Crippen molar-refractivity contribution in [3.63, 3.8) is 0 Å². The molecule has 0 aromatic carbocycles. The Hall–Kier alpha value is 0.210. The van der Waals surface area contributed by atoms with Gasteiger partial charge in [-0.3, -0.25) is 0 Å². The molecule has 6 fully saturated rings. The third-order valence-corrected chi connectivity index (χ3v) is 9.84. The average molecular weight is 364 g/mol. The fourth-order valence-corrected chi connectivity index (χ4v) is 9.05. The number of hydrogen-bond donors (Lipinski definition) is 1. The summed E-state index contributed by atoms with van der Waals surface area (Å²) >= 11 is 7.17. The van der Waals surface area contributed by atoms with Gasteiger partial charge in [0.05, 0.1) is 12.2 Å². The minimum Gasteiger partial charge on any atom is -0.373 e. The highest BCUT2D eigenvalue weighted by Gasteiger charge is 2.61. The molecule has 2 nitrogen and oxygen atoms in total. The molecule has 0 aromatic rings. The Morgan fingerprint density at radius 2 is 1.56 bits per heavy atom. The summed E-state index contributed by atoms with van der Waals surface area (Å²) in [5.74, 6) is 5.04. The molecule has 0 amide bonds. The summed E-state index contributed by atoms with van der Waals surface area (Å²) in [6.07, 6.45) is 16.5. The average Bonchev–Trinajstić information content (AvgIpc) is 3.21. The van der Waals surface area contributed by atoms with Gasteiger partial charge in [-0.25, -0.2) is 0 Å². The first-order valence-corrected chi connectivity index (χ1v) is 11.8. The van der Waals surface area contributed by atoms with Crippen molar-refractivity contribution in [2.24, 2.45) is 35.5 Å². The van der Waals surface area contributed by atoms with Crippen molar-refractivity contribution >= 4 is 11.6 Å². The Labute approximate surface area is 157 Å². The predicted octanol–water partition coefficient (Wildman–Crippen LogP) is 4.74. The normalized spacial score (nSPS) is 60.1. The Morgan fingerprint density at radius 1 is 0.760 bits per heavy atom. The van der Waals surface area contributed by atoms with Gasteiger partial charge in [0.2, 0.25) is 0 Å². The molecule has 0 bridgehead atoms. The molecule has 140 valence electrons. The molecule has 0 spiro atoms. The molecule has 0 aromatic heterocycles. The van der Waals surface area contributed by atoms with E-state index in [9.17, 15) is 0 Å². The minimum absolute atomic E-state index is 0.388. The molecule has 3 heteroatoms. The number of ether oxygens (including phenoxy) is 1. The molecule has 25 heavy (non-hydrogen) atoms. The van der Waals surface area contributed by atoms with Crippen molar-refractivity contribution in [1.82, 2.24) is 5.32 Å². The van der Waals surface area contributed by atoms with Crippen LogP contribution >= 0.6 is 11.6 Å². The lowest BCUT2D eigenvalue weighted by atomic mass is 9.58. The van der Waals surface area contributed by atoms with E-state index in [1.54, 1.807) is 0 Å². The summed E-state index contributed by atoms with van der Waals surface area (Å²) in [7, 11) is 0. The molecule has 4 saturated carbocycles. The maximum absolute atomic E-state index is 7.17. The Balaban J connectivity index is 1.30. The lowest BCUT2D eigenvalue weighted by molar-refractivity contribution is -0.0240. The van der Waals surface area contributed by atoms with Gasteiger partial charge in [0, 0.05) is 17.5 Å². The van der Waals surface area contributed by atoms with Gasteiger partial charge in [-0.05, 0) is 74.0 Å². The first-order chi connectivity index (χ1) is 12.3. The van der Waals surface area contributed by atoms with E-state index in [4.69, 9.17) is 16.3 Å². The number of nitrogens with one attached hydrogen (secondary N) is 1. The maximum Gasteiger partial charge on any atom is 0.0767 e. The second-order valence-corrected chi connectivity index (χ2v) is 10.8. The van der Waals surface area contributed by atoms with Gasteiger partial charge < -0.3 is 10.1 Å². The first-order valence-electron chi connectivity index (χ1n) is 11.4. The third kappa shape index (κ3) is 2.36. The number of halogens is 1. The highest BCUT2D eigenvalue weighted by Crippen LogP contribution is 2.58. The van der Waals surface area contributed by atoms with E-state index < -0.39 is 0 Å². The van der Waals surface area contributed by atoms with E-state index in [0.29, 0.717) is 29.5 Å².